The molecule has 0 radical (unpaired) electrons. The van der Waals surface area contributed by atoms with Crippen molar-refractivity contribution in [1.82, 2.24) is 4.57 Å². The number of aromatic nitrogens is 1. The second-order valence-electron chi connectivity index (χ2n) is 13.6. The van der Waals surface area contributed by atoms with Crippen LogP contribution in [0.15, 0.2) is 193 Å². The first kappa shape index (κ1) is 28.9. The number of nitrogens with zero attached hydrogens (tertiary/aromatic N) is 2. The lowest BCUT2D eigenvalue weighted by Gasteiger charge is -2.30. The second kappa shape index (κ2) is 11.8. The fourth-order valence-electron chi connectivity index (χ4n) is 8.60. The molecule has 2 heterocycles. The van der Waals surface area contributed by atoms with Crippen LogP contribution in [-0.2, 0) is 0 Å². The highest BCUT2D eigenvalue weighted by Gasteiger charge is 2.40. The largest absolute Gasteiger partial charge is 0.333 e. The van der Waals surface area contributed by atoms with E-state index in [4.69, 9.17) is 0 Å². The Hall–Kier alpha value is -6.12. The van der Waals surface area contributed by atoms with Crippen LogP contribution in [0.4, 0.5) is 11.4 Å². The summed E-state index contributed by atoms with van der Waals surface area (Å²) >= 11 is 0. The Labute approximate surface area is 293 Å². The van der Waals surface area contributed by atoms with Gasteiger partial charge in [0.2, 0.25) is 0 Å². The average molecular weight is 641 g/mol. The van der Waals surface area contributed by atoms with Crippen molar-refractivity contribution in [3.63, 3.8) is 0 Å². The molecule has 0 fully saturated rings. The van der Waals surface area contributed by atoms with E-state index in [-0.39, 0.29) is 12.0 Å². The number of rotatable bonds is 5. The average Bonchev–Trinajstić information content (AvgIpc) is 3.71. The predicted octanol–water partition coefficient (Wildman–Crippen LogP) is 12.5. The van der Waals surface area contributed by atoms with E-state index in [0.29, 0.717) is 0 Å². The van der Waals surface area contributed by atoms with Gasteiger partial charge >= 0.3 is 0 Å². The lowest BCUT2D eigenvalue weighted by Crippen LogP contribution is -2.29. The lowest BCUT2D eigenvalue weighted by atomic mass is 9.81. The molecule has 0 saturated carbocycles. The van der Waals surface area contributed by atoms with Gasteiger partial charge in [0, 0.05) is 33.8 Å². The number of allylic oxidation sites excluding steroid dienone is 6. The summed E-state index contributed by atoms with van der Waals surface area (Å²) in [5.74, 6) is 0.214. The van der Waals surface area contributed by atoms with Crippen LogP contribution >= 0.6 is 0 Å². The van der Waals surface area contributed by atoms with E-state index in [1.807, 2.05) is 0 Å². The molecule has 0 amide bonds. The van der Waals surface area contributed by atoms with E-state index in [1.54, 1.807) is 0 Å². The summed E-state index contributed by atoms with van der Waals surface area (Å²) in [6, 6.07) is 53.5. The van der Waals surface area contributed by atoms with Crippen LogP contribution < -0.4 is 4.90 Å². The molecule has 7 aromatic rings. The molecule has 238 valence electrons. The third-order valence-corrected chi connectivity index (χ3v) is 10.8. The van der Waals surface area contributed by atoms with E-state index < -0.39 is 0 Å². The van der Waals surface area contributed by atoms with Crippen molar-refractivity contribution in [2.45, 2.75) is 24.8 Å². The van der Waals surface area contributed by atoms with Gasteiger partial charge in [-0.15, -0.1) is 0 Å². The van der Waals surface area contributed by atoms with Gasteiger partial charge in [-0.05, 0) is 100 Å². The maximum absolute atomic E-state index is 2.56. The summed E-state index contributed by atoms with van der Waals surface area (Å²) in [7, 11) is 0. The molecule has 2 atom stereocenters. The van der Waals surface area contributed by atoms with Crippen LogP contribution in [0, 0.1) is 0 Å². The fourth-order valence-corrected chi connectivity index (χ4v) is 8.60. The van der Waals surface area contributed by atoms with Crippen LogP contribution in [0.3, 0.4) is 0 Å². The molecule has 2 nitrogen and oxygen atoms in total. The molecule has 2 heteroatoms. The van der Waals surface area contributed by atoms with Crippen molar-refractivity contribution in [3.8, 4) is 27.9 Å². The van der Waals surface area contributed by atoms with Crippen molar-refractivity contribution < 1.29 is 0 Å². The molecule has 0 spiro atoms. The Kier molecular flexibility index (Phi) is 6.80. The maximum Gasteiger partial charge on any atom is 0.0630 e. The van der Waals surface area contributed by atoms with Crippen molar-refractivity contribution in [2.75, 3.05) is 4.90 Å². The van der Waals surface area contributed by atoms with Gasteiger partial charge in [0.15, 0.2) is 0 Å². The maximum atomic E-state index is 2.56. The summed E-state index contributed by atoms with van der Waals surface area (Å²) in [5, 5.41) is 2.56. The van der Waals surface area contributed by atoms with Crippen LogP contribution in [0.25, 0.3) is 49.7 Å². The van der Waals surface area contributed by atoms with Crippen LogP contribution in [0.1, 0.15) is 24.3 Å². The third kappa shape index (κ3) is 4.56. The summed E-state index contributed by atoms with van der Waals surface area (Å²) in [5.41, 5.74) is 15.4. The fraction of sp³-hybridized carbons (Fsp3) is 0.0833. The van der Waals surface area contributed by atoms with Crippen molar-refractivity contribution in [2.24, 2.45) is 0 Å². The molecule has 0 saturated heterocycles. The number of anilines is 2. The zero-order valence-electron chi connectivity index (χ0n) is 27.8. The molecule has 1 aliphatic heterocycles. The number of para-hydroxylation sites is 2. The molecular formula is C48H36N2. The van der Waals surface area contributed by atoms with Gasteiger partial charge in [-0.2, -0.15) is 0 Å². The topological polar surface area (TPSA) is 8.17 Å². The van der Waals surface area contributed by atoms with Crippen molar-refractivity contribution in [3.05, 3.63) is 199 Å². The van der Waals surface area contributed by atoms with Crippen LogP contribution in [0.2, 0.25) is 0 Å². The number of hydrogen-bond donors (Lipinski definition) is 0. The minimum absolute atomic E-state index is 0.201. The van der Waals surface area contributed by atoms with Gasteiger partial charge in [0.25, 0.3) is 0 Å². The lowest BCUT2D eigenvalue weighted by molar-refractivity contribution is 0.738. The van der Waals surface area contributed by atoms with Crippen LogP contribution in [0.5, 0.6) is 0 Å². The Morgan fingerprint density at radius 2 is 1.34 bits per heavy atom. The molecule has 0 N–H and O–H groups in total. The van der Waals surface area contributed by atoms with E-state index in [9.17, 15) is 0 Å². The second-order valence-corrected chi connectivity index (χ2v) is 13.6. The van der Waals surface area contributed by atoms with Crippen molar-refractivity contribution >= 4 is 33.2 Å². The smallest absolute Gasteiger partial charge is 0.0630 e. The number of fused-ring (bicyclic) bond motifs is 6. The molecule has 2 unspecified atom stereocenters. The summed E-state index contributed by atoms with van der Waals surface area (Å²) in [6.07, 6.45) is 16.4. The number of hydrogen-bond acceptors (Lipinski definition) is 1. The minimum Gasteiger partial charge on any atom is -0.333 e. The Morgan fingerprint density at radius 1 is 0.600 bits per heavy atom. The zero-order valence-corrected chi connectivity index (χ0v) is 27.8. The van der Waals surface area contributed by atoms with Gasteiger partial charge in [-0.25, -0.2) is 0 Å². The normalized spacial score (nSPS) is 17.9. The highest BCUT2D eigenvalue weighted by molar-refractivity contribution is 6.17. The SMILES string of the molecule is C1=CCCC(C2=CC3c4c(-c5cccc6c5c5cc(-c7ccccc7)ccc5n6-c5ccccc5)cccc4N(c4ccccc4)C3C=C2)=C1. The summed E-state index contributed by atoms with van der Waals surface area (Å²) < 4.78 is 2.44. The Balaban J connectivity index is 1.25. The van der Waals surface area contributed by atoms with Gasteiger partial charge in [0.1, 0.15) is 0 Å². The third-order valence-electron chi connectivity index (χ3n) is 10.8. The highest BCUT2D eigenvalue weighted by atomic mass is 15.2. The van der Waals surface area contributed by atoms with E-state index in [2.05, 4.69) is 192 Å². The van der Waals surface area contributed by atoms with Gasteiger partial charge < -0.3 is 9.47 Å². The zero-order chi connectivity index (χ0) is 33.0. The van der Waals surface area contributed by atoms with E-state index >= 15 is 0 Å². The van der Waals surface area contributed by atoms with Crippen LogP contribution in [-0.4, -0.2) is 10.6 Å². The quantitative estimate of drug-likeness (QED) is 0.182. The summed E-state index contributed by atoms with van der Waals surface area (Å²) in [6.45, 7) is 0. The van der Waals surface area contributed by atoms with Crippen molar-refractivity contribution in [1.29, 1.82) is 0 Å². The molecule has 3 aliphatic rings. The molecule has 1 aromatic heterocycles. The molecule has 2 aliphatic carbocycles. The number of benzene rings is 6. The predicted molar refractivity (Wildman–Crippen MR) is 210 cm³/mol. The monoisotopic (exact) mass is 640 g/mol. The molecule has 0 bridgehead atoms. The van der Waals surface area contributed by atoms with Gasteiger partial charge in [-0.1, -0.05) is 134 Å². The Bertz CT molecular complexity index is 2530. The first-order valence-corrected chi connectivity index (χ1v) is 17.8. The van der Waals surface area contributed by atoms with E-state index in [1.165, 1.54) is 77.8 Å². The van der Waals surface area contributed by atoms with Gasteiger partial charge in [-0.3, -0.25) is 0 Å². The first-order valence-electron chi connectivity index (χ1n) is 17.8. The summed E-state index contributed by atoms with van der Waals surface area (Å²) in [4.78, 5) is 2.56. The first-order chi connectivity index (χ1) is 24.8. The standard InChI is InChI=1S/C48H36N2/c1-5-15-33(16-6-1)35-27-29-43-41(31-35)47-39(23-13-25-45(47)49(43)37-19-9-3-10-20-37)40-24-14-26-46-48(40)42-32-36(34-17-7-2-8-18-34)28-30-44(42)50(46)38-21-11-4-12-22-38/h1-7,9-17,19-32,42,44H,8,18H2. The molecule has 10 rings (SSSR count). The molecule has 50 heavy (non-hydrogen) atoms. The molecule has 6 aromatic carbocycles. The van der Waals surface area contributed by atoms with E-state index in [0.717, 1.165) is 12.8 Å². The highest BCUT2D eigenvalue weighted by Crippen LogP contribution is 2.53. The minimum atomic E-state index is 0.201. The Morgan fingerprint density at radius 3 is 2.12 bits per heavy atom. The molecular weight excluding hydrogens is 605 g/mol. The van der Waals surface area contributed by atoms with Gasteiger partial charge in [0.05, 0.1) is 17.1 Å².